The fourth-order valence-electron chi connectivity index (χ4n) is 4.23. The lowest BCUT2D eigenvalue weighted by molar-refractivity contribution is 0.419. The van der Waals surface area contributed by atoms with Crippen LogP contribution in [0, 0.1) is 5.92 Å². The van der Waals surface area contributed by atoms with Crippen molar-refractivity contribution in [2.24, 2.45) is 5.92 Å². The molecule has 0 aromatic heterocycles. The first-order valence-corrected chi connectivity index (χ1v) is 9.85. The van der Waals surface area contributed by atoms with Gasteiger partial charge in [0.05, 0.1) is 0 Å². The molecule has 0 unspecified atom stereocenters. The lowest BCUT2D eigenvalue weighted by Gasteiger charge is -2.18. The molecule has 2 aromatic carbocycles. The summed E-state index contributed by atoms with van der Waals surface area (Å²) < 4.78 is 0. The highest BCUT2D eigenvalue weighted by molar-refractivity contribution is 5.77. The summed E-state index contributed by atoms with van der Waals surface area (Å²) in [5.41, 5.74) is 5.50. The van der Waals surface area contributed by atoms with E-state index >= 15 is 0 Å². The van der Waals surface area contributed by atoms with E-state index < -0.39 is 0 Å². The van der Waals surface area contributed by atoms with Gasteiger partial charge in [-0.3, -0.25) is 0 Å². The van der Waals surface area contributed by atoms with Crippen LogP contribution in [0.15, 0.2) is 54.1 Å². The van der Waals surface area contributed by atoms with Gasteiger partial charge in [0, 0.05) is 0 Å². The molecule has 0 heteroatoms. The van der Waals surface area contributed by atoms with E-state index in [0.29, 0.717) is 5.92 Å². The molecular formula is C25H28. The zero-order valence-electron chi connectivity index (χ0n) is 15.5. The maximum Gasteiger partial charge on any atom is -0.00994 e. The minimum absolute atomic E-state index is 0.584. The topological polar surface area (TPSA) is 0 Å². The van der Waals surface area contributed by atoms with Gasteiger partial charge in [0.2, 0.25) is 0 Å². The molecule has 0 radical (unpaired) electrons. The number of benzene rings is 2. The van der Waals surface area contributed by atoms with Gasteiger partial charge in [-0.15, -0.1) is 0 Å². The number of rotatable bonds is 3. The van der Waals surface area contributed by atoms with Crippen molar-refractivity contribution in [1.82, 2.24) is 0 Å². The second-order valence-electron chi connectivity index (χ2n) is 7.94. The molecule has 1 fully saturated rings. The van der Waals surface area contributed by atoms with Crippen LogP contribution in [-0.2, 0) is 0 Å². The van der Waals surface area contributed by atoms with Crippen molar-refractivity contribution in [1.29, 1.82) is 0 Å². The molecule has 0 N–H and O–H groups in total. The largest absolute Gasteiger partial charge is 0.0741 e. The standard InChI is InChI=1S/C25H28/c1-18(2)21-11-13-22(14-12-21)24-10-6-9-23-16-20(17-25(23)24)15-19-7-4-3-5-8-19/h6,9-19H,3-5,7-8H2,1-2H3. The van der Waals surface area contributed by atoms with Gasteiger partial charge in [-0.25, -0.2) is 0 Å². The van der Waals surface area contributed by atoms with Crippen LogP contribution in [0.5, 0.6) is 0 Å². The smallest absolute Gasteiger partial charge is 0.00994 e. The average Bonchev–Trinajstić information content (AvgIpc) is 3.05. The highest BCUT2D eigenvalue weighted by Gasteiger charge is 2.12. The van der Waals surface area contributed by atoms with Gasteiger partial charge in [-0.1, -0.05) is 81.7 Å². The molecule has 1 saturated carbocycles. The summed E-state index contributed by atoms with van der Waals surface area (Å²) in [7, 11) is 0. The van der Waals surface area contributed by atoms with E-state index in [-0.39, 0.29) is 0 Å². The van der Waals surface area contributed by atoms with Crippen molar-refractivity contribution >= 4 is 12.2 Å². The van der Waals surface area contributed by atoms with Crippen molar-refractivity contribution in [2.45, 2.75) is 51.9 Å². The summed E-state index contributed by atoms with van der Waals surface area (Å²) in [4.78, 5) is 0. The van der Waals surface area contributed by atoms with Gasteiger partial charge in [-0.2, -0.15) is 0 Å². The fourth-order valence-corrected chi connectivity index (χ4v) is 4.23. The van der Waals surface area contributed by atoms with E-state index in [2.05, 4.69) is 74.5 Å². The average molecular weight is 328 g/mol. The summed E-state index contributed by atoms with van der Waals surface area (Å²) in [5, 5.41) is 2.76. The van der Waals surface area contributed by atoms with Crippen LogP contribution in [0.2, 0.25) is 0 Å². The van der Waals surface area contributed by atoms with Crippen LogP contribution in [0.25, 0.3) is 23.3 Å². The van der Waals surface area contributed by atoms with Crippen LogP contribution < -0.4 is 10.4 Å². The van der Waals surface area contributed by atoms with Crippen molar-refractivity contribution in [2.75, 3.05) is 0 Å². The summed E-state index contributed by atoms with van der Waals surface area (Å²) in [6.07, 6.45) is 14.2. The molecule has 0 bridgehead atoms. The third-order valence-electron chi connectivity index (χ3n) is 5.74. The highest BCUT2D eigenvalue weighted by atomic mass is 14.2. The Morgan fingerprint density at radius 3 is 2.36 bits per heavy atom. The lowest BCUT2D eigenvalue weighted by Crippen LogP contribution is -2.22. The summed E-state index contributed by atoms with van der Waals surface area (Å²) >= 11 is 0. The lowest BCUT2D eigenvalue weighted by atomic mass is 9.88. The number of allylic oxidation sites excluding steroid dienone is 2. The predicted octanol–water partition coefficient (Wildman–Crippen LogP) is 5.56. The molecule has 0 saturated heterocycles. The Balaban J connectivity index is 1.70. The number of hydrogen-bond acceptors (Lipinski definition) is 0. The second-order valence-corrected chi connectivity index (χ2v) is 7.94. The highest BCUT2D eigenvalue weighted by Crippen LogP contribution is 2.27. The van der Waals surface area contributed by atoms with Crippen LogP contribution in [0.3, 0.4) is 0 Å². The SMILES string of the molecule is CC(C)c1ccc(-c2cccc3c2=CC(=CC2CCCCC2)C=3)cc1. The molecule has 128 valence electrons. The molecule has 4 rings (SSSR count). The Morgan fingerprint density at radius 2 is 1.64 bits per heavy atom. The van der Waals surface area contributed by atoms with Gasteiger partial charge >= 0.3 is 0 Å². The molecule has 25 heavy (non-hydrogen) atoms. The van der Waals surface area contributed by atoms with Crippen LogP contribution in [-0.4, -0.2) is 0 Å². The van der Waals surface area contributed by atoms with E-state index in [1.807, 2.05) is 0 Å². The summed E-state index contributed by atoms with van der Waals surface area (Å²) in [6, 6.07) is 15.8. The van der Waals surface area contributed by atoms with E-state index in [4.69, 9.17) is 0 Å². The van der Waals surface area contributed by atoms with Gasteiger partial charge in [-0.05, 0) is 69.5 Å². The van der Waals surface area contributed by atoms with Crippen molar-refractivity contribution in [3.8, 4) is 11.1 Å². The van der Waals surface area contributed by atoms with E-state index in [9.17, 15) is 0 Å². The van der Waals surface area contributed by atoms with E-state index in [1.165, 1.54) is 64.8 Å². The minimum Gasteiger partial charge on any atom is -0.0741 e. The normalized spacial score (nSPS) is 18.9. The Kier molecular flexibility index (Phi) is 4.61. The second kappa shape index (κ2) is 7.04. The van der Waals surface area contributed by atoms with Gasteiger partial charge in [0.1, 0.15) is 0 Å². The van der Waals surface area contributed by atoms with E-state index in [0.717, 1.165) is 5.92 Å². The Labute approximate surface area is 151 Å². The van der Waals surface area contributed by atoms with Gasteiger partial charge in [0.25, 0.3) is 0 Å². The maximum absolute atomic E-state index is 2.52. The van der Waals surface area contributed by atoms with Gasteiger partial charge < -0.3 is 0 Å². The molecule has 0 spiro atoms. The fraction of sp³-hybridized carbons (Fsp3) is 0.360. The Hall–Kier alpha value is -2.08. The monoisotopic (exact) mass is 328 g/mol. The molecule has 0 amide bonds. The molecule has 2 aromatic rings. The van der Waals surface area contributed by atoms with Crippen molar-refractivity contribution in [3.63, 3.8) is 0 Å². The predicted molar refractivity (Wildman–Crippen MR) is 109 cm³/mol. The quantitative estimate of drug-likeness (QED) is 0.692. The molecule has 0 aliphatic heterocycles. The number of hydrogen-bond donors (Lipinski definition) is 0. The molecule has 0 heterocycles. The molecule has 0 atom stereocenters. The molecule has 2 aliphatic carbocycles. The minimum atomic E-state index is 0.584. The van der Waals surface area contributed by atoms with Crippen LogP contribution >= 0.6 is 0 Å². The van der Waals surface area contributed by atoms with E-state index in [1.54, 1.807) is 0 Å². The summed E-state index contributed by atoms with van der Waals surface area (Å²) in [5.74, 6) is 1.36. The number of fused-ring (bicyclic) bond motifs is 1. The molecular weight excluding hydrogens is 300 g/mol. The maximum atomic E-state index is 2.52. The molecule has 2 aliphatic rings. The van der Waals surface area contributed by atoms with Crippen molar-refractivity contribution in [3.05, 3.63) is 70.1 Å². The zero-order valence-corrected chi connectivity index (χ0v) is 15.5. The first-order valence-electron chi connectivity index (χ1n) is 9.85. The van der Waals surface area contributed by atoms with Crippen molar-refractivity contribution < 1.29 is 0 Å². The molecule has 0 nitrogen and oxygen atoms in total. The first-order chi connectivity index (χ1) is 12.2. The third-order valence-corrected chi connectivity index (χ3v) is 5.74. The summed E-state index contributed by atoms with van der Waals surface area (Å²) in [6.45, 7) is 4.50. The van der Waals surface area contributed by atoms with Crippen LogP contribution in [0.4, 0.5) is 0 Å². The Morgan fingerprint density at radius 1 is 0.880 bits per heavy atom. The zero-order chi connectivity index (χ0) is 17.2. The Bertz CT molecular complexity index is 888. The first kappa shape index (κ1) is 16.4. The van der Waals surface area contributed by atoms with Gasteiger partial charge in [0.15, 0.2) is 0 Å². The van der Waals surface area contributed by atoms with Crippen LogP contribution in [0.1, 0.15) is 57.4 Å². The third kappa shape index (κ3) is 3.49.